The molecule has 0 saturated heterocycles. The zero-order valence-corrected chi connectivity index (χ0v) is 19.7. The Bertz CT molecular complexity index is 1020. The van der Waals surface area contributed by atoms with Crippen molar-refractivity contribution >= 4 is 22.2 Å². The maximum atomic E-state index is 13.7. The number of rotatable bonds is 5. The fourth-order valence-electron chi connectivity index (χ4n) is 3.52. The van der Waals surface area contributed by atoms with Crippen LogP contribution in [0.1, 0.15) is 52.3 Å². The number of aromatic nitrogens is 1. The van der Waals surface area contributed by atoms with E-state index < -0.39 is 0 Å². The van der Waals surface area contributed by atoms with E-state index in [0.29, 0.717) is 6.42 Å². The van der Waals surface area contributed by atoms with Crippen LogP contribution in [0.25, 0.3) is 22.2 Å². The molecule has 1 heterocycles. The predicted molar refractivity (Wildman–Crippen MR) is 139 cm³/mol. The van der Waals surface area contributed by atoms with Crippen molar-refractivity contribution < 1.29 is 4.39 Å². The maximum Gasteiger partial charge on any atom is 0.119 e. The summed E-state index contributed by atoms with van der Waals surface area (Å²) in [7, 11) is 0. The number of hydrogen-bond donors (Lipinski definition) is 0. The lowest BCUT2D eigenvalue weighted by molar-refractivity contribution is 0.663. The first-order valence-electron chi connectivity index (χ1n) is 11.0. The van der Waals surface area contributed by atoms with Gasteiger partial charge in [0.1, 0.15) is 5.83 Å². The second-order valence-corrected chi connectivity index (χ2v) is 6.59. The monoisotopic (exact) mass is 417 g/mol. The summed E-state index contributed by atoms with van der Waals surface area (Å²) in [4.78, 5) is 0. The number of para-hydroxylation sites is 1. The summed E-state index contributed by atoms with van der Waals surface area (Å²) in [5.41, 5.74) is 5.66. The van der Waals surface area contributed by atoms with Crippen LogP contribution in [-0.4, -0.2) is 4.57 Å². The van der Waals surface area contributed by atoms with Crippen LogP contribution in [0.15, 0.2) is 97.9 Å². The van der Waals surface area contributed by atoms with Gasteiger partial charge in [-0.25, -0.2) is 4.39 Å². The largest absolute Gasteiger partial charge is 0.309 e. The first kappa shape index (κ1) is 25.9. The molecule has 2 aromatic rings. The Morgan fingerprint density at radius 3 is 2.39 bits per heavy atom. The Hall–Kier alpha value is -3.13. The summed E-state index contributed by atoms with van der Waals surface area (Å²) < 4.78 is 16.0. The molecule has 1 aromatic carbocycles. The van der Waals surface area contributed by atoms with Crippen LogP contribution >= 0.6 is 0 Å². The minimum Gasteiger partial charge on any atom is -0.309 e. The zero-order chi connectivity index (χ0) is 23.2. The van der Waals surface area contributed by atoms with E-state index in [1.54, 1.807) is 12.2 Å². The number of aryl methyl sites for hydroxylation is 1. The van der Waals surface area contributed by atoms with Crippen molar-refractivity contribution in [3.8, 4) is 0 Å². The summed E-state index contributed by atoms with van der Waals surface area (Å²) >= 11 is 0. The van der Waals surface area contributed by atoms with Gasteiger partial charge in [-0.15, -0.1) is 6.58 Å². The highest BCUT2D eigenvalue weighted by Gasteiger charge is 2.19. The first-order chi connectivity index (χ1) is 15.1. The molecule has 1 aliphatic carbocycles. The molecule has 0 N–H and O–H groups in total. The molecule has 0 amide bonds. The van der Waals surface area contributed by atoms with Crippen molar-refractivity contribution in [3.05, 3.63) is 109 Å². The number of hydrogen-bond acceptors (Lipinski definition) is 0. The van der Waals surface area contributed by atoms with Gasteiger partial charge in [0.25, 0.3) is 0 Å². The summed E-state index contributed by atoms with van der Waals surface area (Å²) in [6.07, 6.45) is 18.3. The van der Waals surface area contributed by atoms with Gasteiger partial charge in [0.2, 0.25) is 0 Å². The van der Waals surface area contributed by atoms with E-state index >= 15 is 0 Å². The van der Waals surface area contributed by atoms with Gasteiger partial charge in [-0.05, 0) is 62.1 Å². The van der Waals surface area contributed by atoms with Crippen LogP contribution in [0.3, 0.4) is 0 Å². The second-order valence-electron chi connectivity index (χ2n) is 6.59. The Labute approximate surface area is 188 Å². The van der Waals surface area contributed by atoms with Crippen LogP contribution < -0.4 is 0 Å². The number of nitrogens with zero attached hydrogens (tertiary/aromatic N) is 1. The van der Waals surface area contributed by atoms with Gasteiger partial charge in [-0.2, -0.15) is 0 Å². The second kappa shape index (κ2) is 14.0. The van der Waals surface area contributed by atoms with Gasteiger partial charge in [-0.3, -0.25) is 0 Å². The first-order valence-corrected chi connectivity index (χ1v) is 11.0. The van der Waals surface area contributed by atoms with E-state index in [2.05, 4.69) is 61.1 Å². The summed E-state index contributed by atoms with van der Waals surface area (Å²) in [6, 6.07) is 8.41. The van der Waals surface area contributed by atoms with Gasteiger partial charge in [0, 0.05) is 11.1 Å². The van der Waals surface area contributed by atoms with Crippen LogP contribution in [0.2, 0.25) is 0 Å². The normalized spacial score (nSPS) is 13.4. The zero-order valence-electron chi connectivity index (χ0n) is 19.7. The molecule has 0 unspecified atom stereocenters. The topological polar surface area (TPSA) is 4.93 Å². The average molecular weight is 418 g/mol. The van der Waals surface area contributed by atoms with Crippen molar-refractivity contribution in [2.24, 2.45) is 0 Å². The van der Waals surface area contributed by atoms with Crippen molar-refractivity contribution in [3.63, 3.8) is 0 Å². The van der Waals surface area contributed by atoms with Crippen LogP contribution in [-0.2, 0) is 6.42 Å². The van der Waals surface area contributed by atoms with Crippen molar-refractivity contribution in [1.82, 2.24) is 4.57 Å². The van der Waals surface area contributed by atoms with E-state index in [-0.39, 0.29) is 5.83 Å². The highest BCUT2D eigenvalue weighted by molar-refractivity contribution is 5.96. The number of halogens is 1. The van der Waals surface area contributed by atoms with Gasteiger partial charge >= 0.3 is 0 Å². The molecule has 1 aromatic heterocycles. The minimum absolute atomic E-state index is 0.194. The third-order valence-electron chi connectivity index (χ3n) is 4.56. The van der Waals surface area contributed by atoms with E-state index in [1.807, 2.05) is 52.0 Å². The van der Waals surface area contributed by atoms with E-state index in [4.69, 9.17) is 0 Å². The molecule has 0 radical (unpaired) electrons. The standard InChI is InChI=1S/C24H24FN.C3H6.C2H6/c1-4-10-18(11-5-2)24-21(6-3)22-14-7-8-15-23(22)26(24)20-13-9-12-19(25)16-17-20;1-3-2;1-2/h4-5,7-8,10-17H,1,6,9H2,2-3H3;3H,1H2,2H3;1-2H3/b11-5-,18-10+;;. The highest BCUT2D eigenvalue weighted by atomic mass is 19.1. The molecular weight excluding hydrogens is 381 g/mol. The van der Waals surface area contributed by atoms with Gasteiger partial charge < -0.3 is 4.57 Å². The smallest absolute Gasteiger partial charge is 0.119 e. The molecule has 164 valence electrons. The Morgan fingerprint density at radius 2 is 1.77 bits per heavy atom. The molecular formula is C29H36FN. The fraction of sp³-hybridized carbons (Fsp3) is 0.241. The van der Waals surface area contributed by atoms with Crippen LogP contribution in [0, 0.1) is 0 Å². The number of allylic oxidation sites excluding steroid dienone is 12. The summed E-state index contributed by atoms with van der Waals surface area (Å²) in [5, 5.41) is 1.23. The molecule has 0 saturated carbocycles. The SMILES string of the molecule is C=C/C=C(\C=C/C)c1c(CC)c2ccccc2n1C1=CCC=C(F)C=C1.C=CC.CC. The third kappa shape index (κ3) is 6.42. The lowest BCUT2D eigenvalue weighted by Crippen LogP contribution is -2.02. The van der Waals surface area contributed by atoms with E-state index in [9.17, 15) is 4.39 Å². The highest BCUT2D eigenvalue weighted by Crippen LogP contribution is 2.35. The summed E-state index contributed by atoms with van der Waals surface area (Å²) in [6.45, 7) is 17.3. The molecule has 1 nitrogen and oxygen atoms in total. The minimum atomic E-state index is -0.194. The molecule has 31 heavy (non-hydrogen) atoms. The van der Waals surface area contributed by atoms with E-state index in [0.717, 1.165) is 28.9 Å². The van der Waals surface area contributed by atoms with Crippen molar-refractivity contribution in [2.75, 3.05) is 0 Å². The van der Waals surface area contributed by atoms with Gasteiger partial charge in [0.05, 0.1) is 11.2 Å². The lowest BCUT2D eigenvalue weighted by Gasteiger charge is -2.14. The molecule has 0 atom stereocenters. The fourth-order valence-corrected chi connectivity index (χ4v) is 3.52. The van der Waals surface area contributed by atoms with Gasteiger partial charge in [0.15, 0.2) is 0 Å². The molecule has 3 rings (SSSR count). The molecule has 0 bridgehead atoms. The number of fused-ring (bicyclic) bond motifs is 1. The van der Waals surface area contributed by atoms with Gasteiger partial charge in [-0.1, -0.05) is 82.0 Å². The Kier molecular flexibility index (Phi) is 11.7. The Morgan fingerprint density at radius 1 is 1.10 bits per heavy atom. The third-order valence-corrected chi connectivity index (χ3v) is 4.56. The molecule has 0 fully saturated rings. The predicted octanol–water partition coefficient (Wildman–Crippen LogP) is 9.22. The molecule has 2 heteroatoms. The summed E-state index contributed by atoms with van der Waals surface area (Å²) in [5.74, 6) is -0.194. The van der Waals surface area contributed by atoms with E-state index in [1.165, 1.54) is 17.0 Å². The molecule has 1 aliphatic rings. The quantitative estimate of drug-likeness (QED) is 0.337. The van der Waals surface area contributed by atoms with Crippen molar-refractivity contribution in [1.29, 1.82) is 0 Å². The average Bonchev–Trinajstić information content (AvgIpc) is 2.96. The van der Waals surface area contributed by atoms with Crippen molar-refractivity contribution in [2.45, 2.75) is 47.5 Å². The Balaban J connectivity index is 0.000000884. The lowest BCUT2D eigenvalue weighted by atomic mass is 10.0. The van der Waals surface area contributed by atoms with Crippen LogP contribution in [0.5, 0.6) is 0 Å². The van der Waals surface area contributed by atoms with Crippen LogP contribution in [0.4, 0.5) is 4.39 Å². The molecule has 0 spiro atoms. The molecule has 0 aliphatic heterocycles. The number of benzene rings is 1. The maximum absolute atomic E-state index is 13.7.